The molecule has 1 aromatic carbocycles. The molecule has 2 rings (SSSR count). The summed E-state index contributed by atoms with van der Waals surface area (Å²) in [5, 5.41) is 3.28. The van der Waals surface area contributed by atoms with Gasteiger partial charge in [-0.3, -0.25) is 4.79 Å². The Labute approximate surface area is 127 Å². The third-order valence-corrected chi connectivity index (χ3v) is 4.13. The largest absolute Gasteiger partial charge is 0.468 e. The van der Waals surface area contributed by atoms with Gasteiger partial charge in [0.25, 0.3) is 0 Å². The standard InChI is InChI=1S/C17H26N2O2/c1-4-10-18-15(17(20)21-3)9-11-19-13(2)12-14-7-5-6-8-16(14)19/h5-8,13,15,18H,4,9-12H2,1-3H3. The molecule has 0 bridgehead atoms. The van der Waals surface area contributed by atoms with Crippen LogP contribution >= 0.6 is 0 Å². The van der Waals surface area contributed by atoms with Gasteiger partial charge in [0.15, 0.2) is 0 Å². The first-order valence-corrected chi connectivity index (χ1v) is 7.83. The van der Waals surface area contributed by atoms with Gasteiger partial charge in [-0.15, -0.1) is 0 Å². The molecule has 1 aliphatic rings. The third-order valence-electron chi connectivity index (χ3n) is 4.13. The molecule has 0 aromatic heterocycles. The number of carbonyl (C=O) groups is 1. The molecule has 2 unspecified atom stereocenters. The number of fused-ring (bicyclic) bond motifs is 1. The van der Waals surface area contributed by atoms with Gasteiger partial charge < -0.3 is 15.0 Å². The lowest BCUT2D eigenvalue weighted by Crippen LogP contribution is -2.42. The molecule has 0 radical (unpaired) electrons. The molecule has 4 heteroatoms. The van der Waals surface area contributed by atoms with E-state index >= 15 is 0 Å². The smallest absolute Gasteiger partial charge is 0.322 e. The number of carbonyl (C=O) groups excluding carboxylic acids is 1. The van der Waals surface area contributed by atoms with Crippen LogP contribution in [-0.2, 0) is 16.0 Å². The van der Waals surface area contributed by atoms with E-state index in [0.717, 1.165) is 32.4 Å². The Morgan fingerprint density at radius 1 is 1.48 bits per heavy atom. The summed E-state index contributed by atoms with van der Waals surface area (Å²) in [5.74, 6) is -0.163. The number of esters is 1. The summed E-state index contributed by atoms with van der Waals surface area (Å²) in [6, 6.07) is 8.82. The zero-order valence-corrected chi connectivity index (χ0v) is 13.3. The summed E-state index contributed by atoms with van der Waals surface area (Å²) < 4.78 is 4.90. The fourth-order valence-corrected chi connectivity index (χ4v) is 3.00. The van der Waals surface area contributed by atoms with E-state index in [1.165, 1.54) is 18.4 Å². The van der Waals surface area contributed by atoms with E-state index in [-0.39, 0.29) is 12.0 Å². The maximum atomic E-state index is 11.8. The Kier molecular flexibility index (Phi) is 5.62. The van der Waals surface area contributed by atoms with Gasteiger partial charge >= 0.3 is 5.97 Å². The second-order valence-corrected chi connectivity index (χ2v) is 5.69. The molecule has 1 aromatic rings. The van der Waals surface area contributed by atoms with E-state index < -0.39 is 0 Å². The first kappa shape index (κ1) is 15.8. The maximum Gasteiger partial charge on any atom is 0.322 e. The minimum atomic E-state index is -0.213. The molecule has 1 N–H and O–H groups in total. The Bertz CT molecular complexity index is 476. The highest BCUT2D eigenvalue weighted by Crippen LogP contribution is 2.31. The summed E-state index contributed by atoms with van der Waals surface area (Å²) in [7, 11) is 1.46. The van der Waals surface area contributed by atoms with Crippen molar-refractivity contribution in [2.24, 2.45) is 0 Å². The van der Waals surface area contributed by atoms with Crippen molar-refractivity contribution in [2.45, 2.75) is 45.2 Å². The van der Waals surface area contributed by atoms with E-state index in [1.54, 1.807) is 0 Å². The molecule has 0 aliphatic carbocycles. The molecule has 4 nitrogen and oxygen atoms in total. The second kappa shape index (κ2) is 7.46. The Morgan fingerprint density at radius 3 is 2.95 bits per heavy atom. The van der Waals surface area contributed by atoms with Gasteiger partial charge in [0.2, 0.25) is 0 Å². The van der Waals surface area contributed by atoms with Crippen LogP contribution in [0.5, 0.6) is 0 Å². The summed E-state index contributed by atoms with van der Waals surface area (Å²) in [6.45, 7) is 6.05. The second-order valence-electron chi connectivity index (χ2n) is 5.69. The summed E-state index contributed by atoms with van der Waals surface area (Å²) in [6.07, 6.45) is 2.86. The number of nitrogens with zero attached hydrogens (tertiary/aromatic N) is 1. The van der Waals surface area contributed by atoms with Gasteiger partial charge in [-0.25, -0.2) is 0 Å². The zero-order valence-electron chi connectivity index (χ0n) is 13.3. The van der Waals surface area contributed by atoms with Gasteiger partial charge in [-0.2, -0.15) is 0 Å². The van der Waals surface area contributed by atoms with Crippen molar-refractivity contribution < 1.29 is 9.53 Å². The van der Waals surface area contributed by atoms with Crippen molar-refractivity contribution in [3.8, 4) is 0 Å². The summed E-state index contributed by atoms with van der Waals surface area (Å²) in [5.41, 5.74) is 2.71. The number of benzene rings is 1. The van der Waals surface area contributed by atoms with Gasteiger partial charge in [0.1, 0.15) is 6.04 Å². The van der Waals surface area contributed by atoms with E-state index in [2.05, 4.69) is 48.3 Å². The quantitative estimate of drug-likeness (QED) is 0.783. The lowest BCUT2D eigenvalue weighted by molar-refractivity contribution is -0.143. The van der Waals surface area contributed by atoms with Crippen LogP contribution in [0.2, 0.25) is 0 Å². The molecule has 2 atom stereocenters. The third kappa shape index (κ3) is 3.76. The van der Waals surface area contributed by atoms with Gasteiger partial charge in [0.05, 0.1) is 7.11 Å². The number of nitrogens with one attached hydrogen (secondary N) is 1. The first-order chi connectivity index (χ1) is 10.2. The van der Waals surface area contributed by atoms with Crippen molar-refractivity contribution >= 4 is 11.7 Å². The van der Waals surface area contributed by atoms with Crippen molar-refractivity contribution in [1.82, 2.24) is 5.32 Å². The van der Waals surface area contributed by atoms with Crippen LogP contribution < -0.4 is 10.2 Å². The Hall–Kier alpha value is -1.55. The highest BCUT2D eigenvalue weighted by Gasteiger charge is 2.27. The molecule has 116 valence electrons. The van der Waals surface area contributed by atoms with Crippen LogP contribution in [0.1, 0.15) is 32.3 Å². The lowest BCUT2D eigenvalue weighted by atomic mass is 10.1. The molecule has 1 heterocycles. The predicted octanol–water partition coefficient (Wildman–Crippen LogP) is 2.37. The number of rotatable bonds is 7. The lowest BCUT2D eigenvalue weighted by Gasteiger charge is -2.27. The predicted molar refractivity (Wildman–Crippen MR) is 85.7 cm³/mol. The molecular formula is C17H26N2O2. The monoisotopic (exact) mass is 290 g/mol. The van der Waals surface area contributed by atoms with Crippen molar-refractivity contribution in [2.75, 3.05) is 25.1 Å². The molecule has 0 saturated heterocycles. The van der Waals surface area contributed by atoms with E-state index in [9.17, 15) is 4.79 Å². The molecule has 0 saturated carbocycles. The molecule has 21 heavy (non-hydrogen) atoms. The fraction of sp³-hybridized carbons (Fsp3) is 0.588. The first-order valence-electron chi connectivity index (χ1n) is 7.83. The minimum absolute atomic E-state index is 0.163. The van der Waals surface area contributed by atoms with E-state index in [1.807, 2.05) is 0 Å². The van der Waals surface area contributed by atoms with Crippen LogP contribution in [0.3, 0.4) is 0 Å². The molecule has 0 fully saturated rings. The van der Waals surface area contributed by atoms with Crippen LogP contribution in [0.25, 0.3) is 0 Å². The Balaban J connectivity index is 1.98. The van der Waals surface area contributed by atoms with Crippen LogP contribution in [0.4, 0.5) is 5.69 Å². The summed E-state index contributed by atoms with van der Waals surface area (Å²) in [4.78, 5) is 14.2. The molecule has 1 aliphatic heterocycles. The molecule has 0 amide bonds. The molecular weight excluding hydrogens is 264 g/mol. The number of hydrogen-bond acceptors (Lipinski definition) is 4. The number of anilines is 1. The van der Waals surface area contributed by atoms with Crippen molar-refractivity contribution in [3.63, 3.8) is 0 Å². The van der Waals surface area contributed by atoms with Crippen LogP contribution in [0, 0.1) is 0 Å². The normalized spacial score (nSPS) is 18.4. The van der Waals surface area contributed by atoms with Gasteiger partial charge in [-0.1, -0.05) is 25.1 Å². The maximum absolute atomic E-state index is 11.8. The van der Waals surface area contributed by atoms with Crippen molar-refractivity contribution in [1.29, 1.82) is 0 Å². The van der Waals surface area contributed by atoms with Crippen LogP contribution in [0.15, 0.2) is 24.3 Å². The fourth-order valence-electron chi connectivity index (χ4n) is 3.00. The molecule has 0 spiro atoms. The average molecular weight is 290 g/mol. The number of para-hydroxylation sites is 1. The average Bonchev–Trinajstić information content (AvgIpc) is 2.82. The van der Waals surface area contributed by atoms with Gasteiger partial charge in [-0.05, 0) is 44.4 Å². The number of methoxy groups -OCH3 is 1. The topological polar surface area (TPSA) is 41.6 Å². The van der Waals surface area contributed by atoms with E-state index in [4.69, 9.17) is 4.74 Å². The Morgan fingerprint density at radius 2 is 2.24 bits per heavy atom. The highest BCUT2D eigenvalue weighted by molar-refractivity contribution is 5.75. The number of hydrogen-bond donors (Lipinski definition) is 1. The zero-order chi connectivity index (χ0) is 15.2. The summed E-state index contributed by atoms with van der Waals surface area (Å²) >= 11 is 0. The van der Waals surface area contributed by atoms with Crippen molar-refractivity contribution in [3.05, 3.63) is 29.8 Å². The highest BCUT2D eigenvalue weighted by atomic mass is 16.5. The minimum Gasteiger partial charge on any atom is -0.468 e. The van der Waals surface area contributed by atoms with E-state index in [0.29, 0.717) is 6.04 Å². The number of ether oxygens (including phenoxy) is 1. The van der Waals surface area contributed by atoms with Gasteiger partial charge in [0, 0.05) is 18.3 Å². The van der Waals surface area contributed by atoms with Crippen LogP contribution in [-0.4, -0.2) is 38.3 Å². The SMILES string of the molecule is CCCNC(CCN1c2ccccc2CC1C)C(=O)OC.